The molecule has 0 N–H and O–H groups in total. The molecule has 0 saturated carbocycles. The molecule has 0 aliphatic rings. The Morgan fingerprint density at radius 1 is 1.11 bits per heavy atom. The molecule has 0 radical (unpaired) electrons. The van der Waals surface area contributed by atoms with E-state index >= 15 is 0 Å². The number of unbranched alkanes of at least 4 members (excludes halogenated alkanes) is 3. The number of carbonyl (C=O) groups excluding carboxylic acids is 1. The van der Waals surface area contributed by atoms with Gasteiger partial charge in [0.25, 0.3) is 0 Å². The quantitative estimate of drug-likeness (QED) is 0.467. The Hall–Kier alpha value is -0.591. The molecule has 1 aromatic rings. The van der Waals surface area contributed by atoms with Crippen LogP contribution in [0.4, 0.5) is 0 Å². The number of Topliss-reactive ketones (excluding diaryl/α,β-unsaturated/α-hetero) is 1. The molecular formula is C17H26OSe. The minimum absolute atomic E-state index is 0.336. The number of hydrogen-bond donors (Lipinski definition) is 0. The summed E-state index contributed by atoms with van der Waals surface area (Å²) in [6.45, 7) is 3.96. The van der Waals surface area contributed by atoms with Crippen LogP contribution in [0, 0.1) is 0 Å². The third kappa shape index (κ3) is 8.23. The standard InChI is InChI=1S/C17H26OSe/c1-3-4-5-7-12-17(14-13-15(2)18)19-16-10-8-6-9-11-16/h6,8-11,17H,3-5,7,12-14H2,1-2H3. The predicted molar refractivity (Wildman–Crippen MR) is 84.3 cm³/mol. The molecule has 1 nitrogen and oxygen atoms in total. The zero-order valence-electron chi connectivity index (χ0n) is 12.2. The molecule has 0 saturated heterocycles. The molecule has 1 aromatic carbocycles. The summed E-state index contributed by atoms with van der Waals surface area (Å²) in [4.78, 5) is 11.9. The van der Waals surface area contributed by atoms with E-state index in [-0.39, 0.29) is 0 Å². The van der Waals surface area contributed by atoms with Crippen LogP contribution >= 0.6 is 0 Å². The van der Waals surface area contributed by atoms with Crippen LogP contribution in [0.1, 0.15) is 58.8 Å². The monoisotopic (exact) mass is 326 g/mol. The number of ketones is 1. The van der Waals surface area contributed by atoms with Crippen molar-refractivity contribution in [2.45, 2.75) is 63.6 Å². The first-order valence-electron chi connectivity index (χ1n) is 7.43. The van der Waals surface area contributed by atoms with Crippen LogP contribution in [0.5, 0.6) is 0 Å². The third-order valence-electron chi connectivity index (χ3n) is 3.24. The Labute approximate surface area is 124 Å². The molecule has 19 heavy (non-hydrogen) atoms. The van der Waals surface area contributed by atoms with Crippen molar-refractivity contribution in [2.75, 3.05) is 0 Å². The maximum absolute atomic E-state index is 11.2. The van der Waals surface area contributed by atoms with Crippen molar-refractivity contribution in [3.8, 4) is 0 Å². The van der Waals surface area contributed by atoms with Gasteiger partial charge in [0.1, 0.15) is 0 Å². The first-order valence-corrected chi connectivity index (χ1v) is 9.28. The molecular weight excluding hydrogens is 299 g/mol. The van der Waals surface area contributed by atoms with Gasteiger partial charge in [0.05, 0.1) is 0 Å². The van der Waals surface area contributed by atoms with E-state index in [2.05, 4.69) is 37.3 Å². The summed E-state index contributed by atoms with van der Waals surface area (Å²) in [5.74, 6) is 0.336. The number of benzene rings is 1. The summed E-state index contributed by atoms with van der Waals surface area (Å²) in [6, 6.07) is 10.8. The molecule has 0 amide bonds. The number of carbonyl (C=O) groups is 1. The molecule has 106 valence electrons. The van der Waals surface area contributed by atoms with Crippen LogP contribution < -0.4 is 4.46 Å². The van der Waals surface area contributed by atoms with Gasteiger partial charge >= 0.3 is 124 Å². The maximum atomic E-state index is 11.2. The molecule has 0 spiro atoms. The zero-order valence-corrected chi connectivity index (χ0v) is 13.9. The summed E-state index contributed by atoms with van der Waals surface area (Å²) in [7, 11) is 0. The van der Waals surface area contributed by atoms with Gasteiger partial charge < -0.3 is 0 Å². The van der Waals surface area contributed by atoms with Crippen LogP contribution in [0.3, 0.4) is 0 Å². The molecule has 0 aromatic heterocycles. The normalized spacial score (nSPS) is 12.3. The molecule has 1 atom stereocenters. The predicted octanol–water partition coefficient (Wildman–Crippen LogP) is 4.14. The number of rotatable bonds is 10. The van der Waals surface area contributed by atoms with Gasteiger partial charge in [-0.05, 0) is 0 Å². The van der Waals surface area contributed by atoms with E-state index in [9.17, 15) is 4.79 Å². The summed E-state index contributed by atoms with van der Waals surface area (Å²) in [5, 5.41) is 0. The van der Waals surface area contributed by atoms with Gasteiger partial charge in [-0.3, -0.25) is 0 Å². The van der Waals surface area contributed by atoms with Crippen LogP contribution in [-0.4, -0.2) is 20.7 Å². The molecule has 0 aliphatic heterocycles. The Kier molecular flexibility index (Phi) is 8.86. The van der Waals surface area contributed by atoms with Crippen molar-refractivity contribution in [3.63, 3.8) is 0 Å². The first-order chi connectivity index (χ1) is 9.22. The van der Waals surface area contributed by atoms with Crippen molar-refractivity contribution < 1.29 is 4.79 Å². The van der Waals surface area contributed by atoms with Gasteiger partial charge in [-0.2, -0.15) is 0 Å². The van der Waals surface area contributed by atoms with E-state index in [0.717, 1.165) is 17.7 Å². The van der Waals surface area contributed by atoms with Crippen LogP contribution in [0.2, 0.25) is 4.82 Å². The minimum atomic E-state index is 0.336. The fraction of sp³-hybridized carbons (Fsp3) is 0.588. The first kappa shape index (κ1) is 16.5. The van der Waals surface area contributed by atoms with Gasteiger partial charge in [0, 0.05) is 0 Å². The molecule has 1 rings (SSSR count). The van der Waals surface area contributed by atoms with Gasteiger partial charge in [-0.1, -0.05) is 0 Å². The van der Waals surface area contributed by atoms with E-state index in [1.54, 1.807) is 6.92 Å². The Morgan fingerprint density at radius 3 is 2.47 bits per heavy atom. The Bertz CT molecular complexity index is 348. The van der Waals surface area contributed by atoms with Crippen molar-refractivity contribution in [3.05, 3.63) is 30.3 Å². The second kappa shape index (κ2) is 10.2. The molecule has 0 heterocycles. The molecule has 0 fully saturated rings. The second-order valence-corrected chi connectivity index (χ2v) is 8.03. The van der Waals surface area contributed by atoms with Gasteiger partial charge in [0.2, 0.25) is 0 Å². The fourth-order valence-corrected chi connectivity index (χ4v) is 4.68. The SMILES string of the molecule is CCCCCCC(CCC(C)=O)[Se]c1ccccc1. The van der Waals surface area contributed by atoms with Crippen LogP contribution in [-0.2, 0) is 4.79 Å². The Morgan fingerprint density at radius 2 is 1.84 bits per heavy atom. The summed E-state index contributed by atoms with van der Waals surface area (Å²) in [5.41, 5.74) is 0. The average Bonchev–Trinajstić information content (AvgIpc) is 2.41. The van der Waals surface area contributed by atoms with Crippen molar-refractivity contribution in [2.24, 2.45) is 0 Å². The molecule has 1 unspecified atom stereocenters. The van der Waals surface area contributed by atoms with E-state index in [1.807, 2.05) is 0 Å². The Balaban J connectivity index is 2.41. The van der Waals surface area contributed by atoms with Crippen molar-refractivity contribution in [1.82, 2.24) is 0 Å². The molecule has 0 aliphatic carbocycles. The summed E-state index contributed by atoms with van der Waals surface area (Å²) >= 11 is 0.517. The van der Waals surface area contributed by atoms with E-state index in [0.29, 0.717) is 20.7 Å². The third-order valence-corrected chi connectivity index (χ3v) is 6.07. The van der Waals surface area contributed by atoms with Crippen molar-refractivity contribution >= 4 is 25.2 Å². The average molecular weight is 325 g/mol. The van der Waals surface area contributed by atoms with Crippen LogP contribution in [0.15, 0.2) is 30.3 Å². The van der Waals surface area contributed by atoms with E-state index in [4.69, 9.17) is 0 Å². The van der Waals surface area contributed by atoms with E-state index < -0.39 is 0 Å². The number of hydrogen-bond acceptors (Lipinski definition) is 1. The topological polar surface area (TPSA) is 17.1 Å². The van der Waals surface area contributed by atoms with Gasteiger partial charge in [-0.25, -0.2) is 0 Å². The van der Waals surface area contributed by atoms with Crippen LogP contribution in [0.25, 0.3) is 0 Å². The fourth-order valence-electron chi connectivity index (χ4n) is 2.12. The van der Waals surface area contributed by atoms with Gasteiger partial charge in [0.15, 0.2) is 0 Å². The second-order valence-electron chi connectivity index (χ2n) is 5.14. The molecule has 0 bridgehead atoms. The molecule has 2 heteroatoms. The van der Waals surface area contributed by atoms with Gasteiger partial charge in [-0.15, -0.1) is 0 Å². The summed E-state index contributed by atoms with van der Waals surface area (Å²) in [6.07, 6.45) is 8.44. The summed E-state index contributed by atoms with van der Waals surface area (Å²) < 4.78 is 1.47. The van der Waals surface area contributed by atoms with Crippen molar-refractivity contribution in [1.29, 1.82) is 0 Å². The van der Waals surface area contributed by atoms with E-state index in [1.165, 1.54) is 36.6 Å². The zero-order chi connectivity index (χ0) is 13.9.